The van der Waals surface area contributed by atoms with Crippen LogP contribution < -0.4 is 5.32 Å². The van der Waals surface area contributed by atoms with Gasteiger partial charge >= 0.3 is 0 Å². The highest BCUT2D eigenvalue weighted by atomic mass is 32.1. The van der Waals surface area contributed by atoms with Crippen molar-refractivity contribution in [1.82, 2.24) is 15.0 Å². The van der Waals surface area contributed by atoms with Gasteiger partial charge in [-0.2, -0.15) is 0 Å². The van der Waals surface area contributed by atoms with Crippen molar-refractivity contribution in [3.05, 3.63) is 131 Å². The van der Waals surface area contributed by atoms with Crippen molar-refractivity contribution < 1.29 is 4.79 Å². The largest absolute Gasteiger partial charge is 0.302 e. The number of carbonyl (C=O) groups excluding carboxylic acids is 1. The van der Waals surface area contributed by atoms with Gasteiger partial charge in [0.15, 0.2) is 5.13 Å². The summed E-state index contributed by atoms with van der Waals surface area (Å²) in [5, 5.41) is 5.77. The molecular weight excluding hydrogens is 476 g/mol. The maximum Gasteiger partial charge on any atom is 0.230 e. The molecule has 2 unspecified atom stereocenters. The predicted molar refractivity (Wildman–Crippen MR) is 148 cm³/mol. The van der Waals surface area contributed by atoms with E-state index in [0.717, 1.165) is 22.5 Å². The van der Waals surface area contributed by atoms with E-state index < -0.39 is 5.41 Å². The third-order valence-electron chi connectivity index (χ3n) is 7.35. The van der Waals surface area contributed by atoms with E-state index in [2.05, 4.69) is 58.6 Å². The summed E-state index contributed by atoms with van der Waals surface area (Å²) in [4.78, 5) is 27.1. The lowest BCUT2D eigenvalue weighted by molar-refractivity contribution is -0.121. The Labute approximate surface area is 220 Å². The van der Waals surface area contributed by atoms with Crippen LogP contribution in [0.15, 0.2) is 103 Å². The molecule has 6 rings (SSSR count). The Hall–Kier alpha value is -4.16. The van der Waals surface area contributed by atoms with Gasteiger partial charge in [0.05, 0.1) is 17.3 Å². The maximum absolute atomic E-state index is 13.6. The molecule has 0 fully saturated rings. The Morgan fingerprint density at radius 2 is 1.70 bits per heavy atom. The summed E-state index contributed by atoms with van der Waals surface area (Å²) in [5.74, 6) is -0.292. The molecule has 0 aliphatic heterocycles. The van der Waals surface area contributed by atoms with Crippen molar-refractivity contribution in [1.29, 1.82) is 0 Å². The number of anilines is 1. The van der Waals surface area contributed by atoms with E-state index in [4.69, 9.17) is 4.98 Å². The van der Waals surface area contributed by atoms with Crippen LogP contribution in [0.2, 0.25) is 0 Å². The molecule has 0 saturated heterocycles. The third-order valence-corrected chi connectivity index (χ3v) is 8.15. The topological polar surface area (TPSA) is 67.8 Å². The third kappa shape index (κ3) is 4.45. The Kier molecular flexibility index (Phi) is 6.10. The molecule has 1 aliphatic carbocycles. The van der Waals surface area contributed by atoms with Crippen LogP contribution in [0, 0.1) is 5.92 Å². The van der Waals surface area contributed by atoms with E-state index in [-0.39, 0.29) is 11.8 Å². The second-order valence-corrected chi connectivity index (χ2v) is 10.4. The summed E-state index contributed by atoms with van der Waals surface area (Å²) in [5.41, 5.74) is 7.20. The van der Waals surface area contributed by atoms with E-state index in [1.54, 1.807) is 18.6 Å². The van der Waals surface area contributed by atoms with Gasteiger partial charge in [0, 0.05) is 35.8 Å². The minimum absolute atomic E-state index is 0.0213. The van der Waals surface area contributed by atoms with Gasteiger partial charge in [0.25, 0.3) is 0 Å². The molecule has 5 aromatic rings. The number of amides is 1. The van der Waals surface area contributed by atoms with Crippen LogP contribution in [-0.2, 0) is 23.1 Å². The highest BCUT2D eigenvalue weighted by Crippen LogP contribution is 2.47. The standard InChI is InChI=1S/C31H26N4OS/c1-31(28-8-4-5-15-33-28)26-7-3-2-6-24(26)19-27(31)29(36)35-30-34-25(20-37-30)18-21-9-11-22(12-10-21)23-13-16-32-17-14-23/h2-17,20,27H,18-19H2,1H3,(H,34,35,36). The minimum Gasteiger partial charge on any atom is -0.302 e. The van der Waals surface area contributed by atoms with Gasteiger partial charge < -0.3 is 5.32 Å². The molecule has 182 valence electrons. The summed E-state index contributed by atoms with van der Waals surface area (Å²) < 4.78 is 0. The Balaban J connectivity index is 1.18. The fourth-order valence-corrected chi connectivity index (χ4v) is 6.08. The molecule has 37 heavy (non-hydrogen) atoms. The van der Waals surface area contributed by atoms with Crippen LogP contribution in [0.25, 0.3) is 11.1 Å². The van der Waals surface area contributed by atoms with Gasteiger partial charge in [0.1, 0.15) is 0 Å². The van der Waals surface area contributed by atoms with Gasteiger partial charge in [-0.05, 0) is 65.4 Å². The molecule has 2 atom stereocenters. The number of thiazole rings is 1. The van der Waals surface area contributed by atoms with Crippen LogP contribution in [0.4, 0.5) is 5.13 Å². The minimum atomic E-state index is -0.501. The highest BCUT2D eigenvalue weighted by Gasteiger charge is 2.48. The van der Waals surface area contributed by atoms with Gasteiger partial charge in [-0.15, -0.1) is 11.3 Å². The quantitative estimate of drug-likeness (QED) is 0.296. The first-order chi connectivity index (χ1) is 18.1. The van der Waals surface area contributed by atoms with Gasteiger partial charge in [0.2, 0.25) is 5.91 Å². The summed E-state index contributed by atoms with van der Waals surface area (Å²) in [6.45, 7) is 2.13. The lowest BCUT2D eigenvalue weighted by atomic mass is 9.73. The molecule has 1 amide bonds. The molecule has 6 heteroatoms. The van der Waals surface area contributed by atoms with Crippen LogP contribution >= 0.6 is 11.3 Å². The zero-order valence-corrected chi connectivity index (χ0v) is 21.3. The second kappa shape index (κ2) is 9.71. The van der Waals surface area contributed by atoms with Gasteiger partial charge in [-0.25, -0.2) is 4.98 Å². The number of nitrogens with one attached hydrogen (secondary N) is 1. The fourth-order valence-electron chi connectivity index (χ4n) is 5.36. The first-order valence-corrected chi connectivity index (χ1v) is 13.2. The Morgan fingerprint density at radius 1 is 0.946 bits per heavy atom. The number of nitrogens with zero attached hydrogens (tertiary/aromatic N) is 3. The van der Waals surface area contributed by atoms with Crippen LogP contribution in [0.5, 0.6) is 0 Å². The summed E-state index contributed by atoms with van der Waals surface area (Å²) >= 11 is 1.47. The predicted octanol–water partition coefficient (Wildman–Crippen LogP) is 6.31. The van der Waals surface area contributed by atoms with Crippen molar-refractivity contribution in [3.63, 3.8) is 0 Å². The molecule has 0 radical (unpaired) electrons. The van der Waals surface area contributed by atoms with Crippen molar-refractivity contribution in [2.24, 2.45) is 5.92 Å². The lowest BCUT2D eigenvalue weighted by Gasteiger charge is -2.31. The normalized spacial score (nSPS) is 18.4. The number of hydrogen-bond donors (Lipinski definition) is 1. The summed E-state index contributed by atoms with van der Waals surface area (Å²) in [7, 11) is 0. The number of fused-ring (bicyclic) bond motifs is 1. The number of hydrogen-bond acceptors (Lipinski definition) is 5. The first kappa shape index (κ1) is 23.3. The van der Waals surface area contributed by atoms with Crippen LogP contribution in [-0.4, -0.2) is 20.9 Å². The first-order valence-electron chi connectivity index (χ1n) is 12.4. The van der Waals surface area contributed by atoms with E-state index >= 15 is 0 Å². The van der Waals surface area contributed by atoms with E-state index in [1.165, 1.54) is 28.0 Å². The average molecular weight is 503 g/mol. The van der Waals surface area contributed by atoms with E-state index in [1.807, 2.05) is 47.8 Å². The highest BCUT2D eigenvalue weighted by molar-refractivity contribution is 7.13. The number of pyridine rings is 2. The Bertz CT molecular complexity index is 1530. The molecule has 0 spiro atoms. The molecular formula is C31H26N4OS. The van der Waals surface area contributed by atoms with Crippen molar-refractivity contribution in [2.75, 3.05) is 5.32 Å². The SMILES string of the molecule is CC1(c2ccccn2)c2ccccc2CC1C(=O)Nc1nc(Cc2ccc(-c3ccncc3)cc2)cs1. The zero-order chi connectivity index (χ0) is 25.2. The van der Waals surface area contributed by atoms with Gasteiger partial charge in [-0.3, -0.25) is 14.8 Å². The maximum atomic E-state index is 13.6. The van der Waals surface area contributed by atoms with E-state index in [9.17, 15) is 4.79 Å². The van der Waals surface area contributed by atoms with Crippen molar-refractivity contribution in [2.45, 2.75) is 25.2 Å². The lowest BCUT2D eigenvalue weighted by Crippen LogP contribution is -2.38. The zero-order valence-electron chi connectivity index (χ0n) is 20.5. The monoisotopic (exact) mass is 502 g/mol. The molecule has 5 nitrogen and oxygen atoms in total. The van der Waals surface area contributed by atoms with Gasteiger partial charge in [-0.1, -0.05) is 54.6 Å². The molecule has 3 aromatic heterocycles. The molecule has 2 aromatic carbocycles. The summed E-state index contributed by atoms with van der Waals surface area (Å²) in [6.07, 6.45) is 6.79. The molecule has 1 N–H and O–H groups in total. The molecule has 3 heterocycles. The second-order valence-electron chi connectivity index (χ2n) is 9.57. The van der Waals surface area contributed by atoms with Crippen molar-refractivity contribution in [3.8, 4) is 11.1 Å². The molecule has 0 saturated carbocycles. The van der Waals surface area contributed by atoms with E-state index in [0.29, 0.717) is 18.0 Å². The number of rotatable bonds is 6. The number of benzene rings is 2. The molecule has 0 bridgehead atoms. The number of aromatic nitrogens is 3. The molecule has 1 aliphatic rings. The Morgan fingerprint density at radius 3 is 2.49 bits per heavy atom. The van der Waals surface area contributed by atoms with Crippen molar-refractivity contribution >= 4 is 22.4 Å². The summed E-state index contributed by atoms with van der Waals surface area (Å²) in [6, 6.07) is 26.7. The van der Waals surface area contributed by atoms with Crippen LogP contribution in [0.3, 0.4) is 0 Å². The smallest absolute Gasteiger partial charge is 0.230 e. The number of carbonyl (C=O) groups is 1. The van der Waals surface area contributed by atoms with Crippen LogP contribution in [0.1, 0.15) is 35.0 Å². The fraction of sp³-hybridized carbons (Fsp3) is 0.161. The average Bonchev–Trinajstić information content (AvgIpc) is 3.52.